The third-order valence-electron chi connectivity index (χ3n) is 7.88. The number of unbranched alkanes of at least 4 members (excludes halogenated alkanes) is 15. The molecule has 0 aliphatic heterocycles. The molecule has 0 aliphatic rings. The Bertz CT molecular complexity index is 782. The van der Waals surface area contributed by atoms with Crippen molar-refractivity contribution in [3.05, 3.63) is 48.6 Å². The van der Waals surface area contributed by atoms with Crippen LogP contribution in [0.1, 0.15) is 175 Å². The molecule has 0 bridgehead atoms. The molecule has 46 heavy (non-hydrogen) atoms. The van der Waals surface area contributed by atoms with Gasteiger partial charge in [-0.25, -0.2) is 0 Å². The maximum Gasteiger partial charge on any atom is 0.306 e. The maximum atomic E-state index is 12.5. The van der Waals surface area contributed by atoms with Crippen molar-refractivity contribution in [2.45, 2.75) is 181 Å². The summed E-state index contributed by atoms with van der Waals surface area (Å²) in [5.74, 6) is -0.436. The predicted molar refractivity (Wildman–Crippen MR) is 196 cm³/mol. The number of ether oxygens (including phenoxy) is 3. The zero-order valence-electron chi connectivity index (χ0n) is 30.3. The molecule has 0 spiro atoms. The Labute approximate surface area is 284 Å². The van der Waals surface area contributed by atoms with Gasteiger partial charge in [-0.05, 0) is 57.8 Å². The summed E-state index contributed by atoms with van der Waals surface area (Å²) in [6, 6.07) is 0. The van der Waals surface area contributed by atoms with E-state index in [9.17, 15) is 9.59 Å². The molecule has 0 aliphatic carbocycles. The normalized spacial score (nSPS) is 12.7. The first-order valence-electron chi connectivity index (χ1n) is 19.2. The largest absolute Gasteiger partial charge is 0.462 e. The lowest BCUT2D eigenvalue weighted by atomic mass is 10.1. The quantitative estimate of drug-likeness (QED) is 0.0396. The summed E-state index contributed by atoms with van der Waals surface area (Å²) in [4.78, 5) is 24.9. The van der Waals surface area contributed by atoms with Crippen LogP contribution < -0.4 is 0 Å². The first-order valence-corrected chi connectivity index (χ1v) is 19.2. The van der Waals surface area contributed by atoms with Crippen molar-refractivity contribution < 1.29 is 23.8 Å². The van der Waals surface area contributed by atoms with E-state index in [-0.39, 0.29) is 25.2 Å². The molecule has 0 aromatic carbocycles. The number of esters is 2. The van der Waals surface area contributed by atoms with E-state index in [1.165, 1.54) is 57.8 Å². The monoisotopic (exact) mass is 645 g/mol. The summed E-state index contributed by atoms with van der Waals surface area (Å²) in [5, 5.41) is 0. The fraction of sp³-hybridized carbons (Fsp3) is 0.756. The average molecular weight is 645 g/mol. The molecule has 5 nitrogen and oxygen atoms in total. The summed E-state index contributed by atoms with van der Waals surface area (Å²) < 4.78 is 17.0. The Morgan fingerprint density at radius 1 is 0.500 bits per heavy atom. The zero-order chi connectivity index (χ0) is 33.6. The minimum absolute atomic E-state index is 0.0733. The lowest BCUT2D eigenvalue weighted by Crippen LogP contribution is -2.30. The Hall–Kier alpha value is -2.14. The van der Waals surface area contributed by atoms with Crippen LogP contribution in [0.15, 0.2) is 48.6 Å². The van der Waals surface area contributed by atoms with Crippen LogP contribution in [0, 0.1) is 0 Å². The van der Waals surface area contributed by atoms with Gasteiger partial charge in [-0.3, -0.25) is 9.59 Å². The number of carbonyl (C=O) groups excluding carboxylic acids is 2. The summed E-state index contributed by atoms with van der Waals surface area (Å²) >= 11 is 0. The van der Waals surface area contributed by atoms with Crippen LogP contribution in [-0.2, 0) is 23.8 Å². The second kappa shape index (κ2) is 37.3. The molecule has 266 valence electrons. The van der Waals surface area contributed by atoms with Gasteiger partial charge in [0.15, 0.2) is 6.10 Å². The first-order chi connectivity index (χ1) is 22.6. The van der Waals surface area contributed by atoms with Gasteiger partial charge in [0.25, 0.3) is 0 Å². The summed E-state index contributed by atoms with van der Waals surface area (Å²) in [6.45, 7) is 7.60. The van der Waals surface area contributed by atoms with Crippen LogP contribution in [0.5, 0.6) is 0 Å². The van der Waals surface area contributed by atoms with Crippen LogP contribution in [0.2, 0.25) is 0 Å². The highest BCUT2D eigenvalue weighted by molar-refractivity contribution is 5.70. The molecule has 0 N–H and O–H groups in total. The van der Waals surface area contributed by atoms with E-state index in [2.05, 4.69) is 69.4 Å². The molecule has 0 aromatic rings. The molecular weight excluding hydrogens is 572 g/mol. The molecule has 5 heteroatoms. The van der Waals surface area contributed by atoms with Gasteiger partial charge in [-0.15, -0.1) is 0 Å². The molecule has 0 aromatic heterocycles. The van der Waals surface area contributed by atoms with E-state index in [4.69, 9.17) is 14.2 Å². The van der Waals surface area contributed by atoms with Crippen LogP contribution in [0.25, 0.3) is 0 Å². The SMILES string of the molecule is CC/C=C\C/C=C\C/C=C\C/C=C\CCCCCCC(=O)OCC(COCCCCCCCC)OC(=O)CCCCCCCCC. The Balaban J connectivity index is 4.14. The highest BCUT2D eigenvalue weighted by Gasteiger charge is 2.17. The lowest BCUT2D eigenvalue weighted by Gasteiger charge is -2.18. The molecule has 0 saturated heterocycles. The van der Waals surface area contributed by atoms with Gasteiger partial charge < -0.3 is 14.2 Å². The number of hydrogen-bond acceptors (Lipinski definition) is 5. The molecule has 0 radical (unpaired) electrons. The molecule has 1 atom stereocenters. The predicted octanol–water partition coefficient (Wildman–Crippen LogP) is 12.1. The zero-order valence-corrected chi connectivity index (χ0v) is 30.3. The van der Waals surface area contributed by atoms with Crippen LogP contribution in [0.4, 0.5) is 0 Å². The van der Waals surface area contributed by atoms with E-state index >= 15 is 0 Å². The average Bonchev–Trinajstić information content (AvgIpc) is 3.05. The number of carbonyl (C=O) groups is 2. The second-order valence-corrected chi connectivity index (χ2v) is 12.5. The highest BCUT2D eigenvalue weighted by atomic mass is 16.6. The van der Waals surface area contributed by atoms with Gasteiger partial charge in [0, 0.05) is 19.4 Å². The Morgan fingerprint density at radius 3 is 1.57 bits per heavy atom. The maximum absolute atomic E-state index is 12.5. The number of rotatable bonds is 34. The van der Waals surface area contributed by atoms with Gasteiger partial charge in [0.05, 0.1) is 6.61 Å². The van der Waals surface area contributed by atoms with Crippen molar-refractivity contribution in [1.29, 1.82) is 0 Å². The van der Waals surface area contributed by atoms with Gasteiger partial charge in [0.2, 0.25) is 0 Å². The lowest BCUT2D eigenvalue weighted by molar-refractivity contribution is -0.163. The summed E-state index contributed by atoms with van der Waals surface area (Å²) in [7, 11) is 0. The van der Waals surface area contributed by atoms with Crippen molar-refractivity contribution >= 4 is 11.9 Å². The van der Waals surface area contributed by atoms with E-state index in [1.54, 1.807) is 0 Å². The molecule has 0 heterocycles. The van der Waals surface area contributed by atoms with Crippen LogP contribution >= 0.6 is 0 Å². The summed E-state index contributed by atoms with van der Waals surface area (Å²) in [6.07, 6.45) is 42.6. The fourth-order valence-corrected chi connectivity index (χ4v) is 5.03. The minimum Gasteiger partial charge on any atom is -0.462 e. The molecule has 0 rings (SSSR count). The fourth-order valence-electron chi connectivity index (χ4n) is 5.03. The first kappa shape index (κ1) is 43.9. The molecule has 1 unspecified atom stereocenters. The highest BCUT2D eigenvalue weighted by Crippen LogP contribution is 2.11. The van der Waals surface area contributed by atoms with Crippen LogP contribution in [-0.4, -0.2) is 37.9 Å². The van der Waals surface area contributed by atoms with E-state index in [0.29, 0.717) is 19.4 Å². The van der Waals surface area contributed by atoms with Gasteiger partial charge >= 0.3 is 11.9 Å². The third kappa shape index (κ3) is 34.7. The van der Waals surface area contributed by atoms with Gasteiger partial charge in [0.1, 0.15) is 6.61 Å². The second-order valence-electron chi connectivity index (χ2n) is 12.5. The van der Waals surface area contributed by atoms with Crippen LogP contribution in [0.3, 0.4) is 0 Å². The Kier molecular flexibility index (Phi) is 35.6. The van der Waals surface area contributed by atoms with Crippen molar-refractivity contribution in [3.8, 4) is 0 Å². The van der Waals surface area contributed by atoms with E-state index in [1.807, 2.05) is 0 Å². The molecule has 0 fully saturated rings. The van der Waals surface area contributed by atoms with Crippen molar-refractivity contribution in [3.63, 3.8) is 0 Å². The standard InChI is InChI=1S/C41H72O5/c1-4-7-10-13-16-17-18-19-20-21-22-23-24-25-27-28-31-34-40(42)45-38-39(37-44-36-33-30-15-12-9-6-3)46-41(43)35-32-29-26-14-11-8-5-2/h7,10,16-17,19-20,22-23,39H,4-6,8-9,11-15,18,21,24-38H2,1-3H3/b10-7-,17-16-,20-19-,23-22-. The molecule has 0 amide bonds. The van der Waals surface area contributed by atoms with E-state index < -0.39 is 6.10 Å². The summed E-state index contributed by atoms with van der Waals surface area (Å²) in [5.41, 5.74) is 0. The Morgan fingerprint density at radius 2 is 0.978 bits per heavy atom. The molecule has 0 saturated carbocycles. The number of allylic oxidation sites excluding steroid dienone is 8. The third-order valence-corrected chi connectivity index (χ3v) is 7.88. The van der Waals surface area contributed by atoms with E-state index in [0.717, 1.165) is 83.5 Å². The van der Waals surface area contributed by atoms with Crippen molar-refractivity contribution in [2.24, 2.45) is 0 Å². The molecular formula is C41H72O5. The van der Waals surface area contributed by atoms with Crippen molar-refractivity contribution in [2.75, 3.05) is 19.8 Å². The van der Waals surface area contributed by atoms with Gasteiger partial charge in [-0.1, -0.05) is 153 Å². The topological polar surface area (TPSA) is 61.8 Å². The van der Waals surface area contributed by atoms with Crippen molar-refractivity contribution in [1.82, 2.24) is 0 Å². The smallest absolute Gasteiger partial charge is 0.306 e. The number of hydrogen-bond donors (Lipinski definition) is 0. The minimum atomic E-state index is -0.535. The van der Waals surface area contributed by atoms with Gasteiger partial charge in [-0.2, -0.15) is 0 Å².